The molecule has 0 saturated heterocycles. The summed E-state index contributed by atoms with van der Waals surface area (Å²) < 4.78 is 19.8. The summed E-state index contributed by atoms with van der Waals surface area (Å²) in [6.07, 6.45) is 2.09. The van der Waals surface area contributed by atoms with Gasteiger partial charge in [-0.15, -0.1) is 0 Å². The molecule has 0 amide bonds. The van der Waals surface area contributed by atoms with Crippen LogP contribution >= 0.6 is 0 Å². The Hall–Kier alpha value is -1.83. The van der Waals surface area contributed by atoms with E-state index in [0.29, 0.717) is 11.7 Å². The lowest BCUT2D eigenvalue weighted by molar-refractivity contribution is 0.412. The van der Waals surface area contributed by atoms with Crippen LogP contribution in [0.3, 0.4) is 0 Å². The minimum Gasteiger partial charge on any atom is -0.496 e. The lowest BCUT2D eigenvalue weighted by Crippen LogP contribution is -2.01. The van der Waals surface area contributed by atoms with Gasteiger partial charge in [-0.05, 0) is 53.0 Å². The van der Waals surface area contributed by atoms with Gasteiger partial charge in [0.1, 0.15) is 11.6 Å². The van der Waals surface area contributed by atoms with Crippen LogP contribution in [0, 0.1) is 5.82 Å². The molecule has 0 N–H and O–H groups in total. The number of methoxy groups -OCH3 is 1. The molecule has 1 atom stereocenters. The van der Waals surface area contributed by atoms with E-state index in [4.69, 9.17) is 4.74 Å². The van der Waals surface area contributed by atoms with Gasteiger partial charge in [0.25, 0.3) is 0 Å². The van der Waals surface area contributed by atoms with Crippen LogP contribution in [0.2, 0.25) is 0 Å². The van der Waals surface area contributed by atoms with Gasteiger partial charge in [-0.25, -0.2) is 4.39 Å². The second-order valence-corrected chi connectivity index (χ2v) is 6.81. The molecule has 2 aromatic carbocycles. The quantitative estimate of drug-likeness (QED) is 0.573. The average Bonchev–Trinajstić information content (AvgIpc) is 2.59. The van der Waals surface area contributed by atoms with Gasteiger partial charge in [-0.2, -0.15) is 0 Å². The van der Waals surface area contributed by atoms with Gasteiger partial charge in [-0.3, -0.25) is 0 Å². The first-order chi connectivity index (χ1) is 11.4. The first-order valence-electron chi connectivity index (χ1n) is 8.93. The Balaban J connectivity index is 2.72. The van der Waals surface area contributed by atoms with Gasteiger partial charge < -0.3 is 4.74 Å². The normalized spacial score (nSPS) is 12.5. The molecule has 0 unspecified atom stereocenters. The van der Waals surface area contributed by atoms with Crippen LogP contribution in [0.4, 0.5) is 4.39 Å². The highest BCUT2D eigenvalue weighted by molar-refractivity contribution is 5.75. The highest BCUT2D eigenvalue weighted by Gasteiger charge is 2.18. The number of halogens is 1. The van der Waals surface area contributed by atoms with Crippen molar-refractivity contribution in [2.75, 3.05) is 7.11 Å². The fourth-order valence-corrected chi connectivity index (χ4v) is 3.10. The maximum atomic E-state index is 14.3. The average molecular weight is 328 g/mol. The van der Waals surface area contributed by atoms with Gasteiger partial charge in [0.2, 0.25) is 0 Å². The molecule has 1 nitrogen and oxygen atoms in total. The van der Waals surface area contributed by atoms with Crippen molar-refractivity contribution in [1.29, 1.82) is 0 Å². The predicted octanol–water partition coefficient (Wildman–Crippen LogP) is 6.70. The Labute approximate surface area is 145 Å². The fraction of sp³-hybridized carbons (Fsp3) is 0.455. The molecule has 0 radical (unpaired) electrons. The molecule has 0 aliphatic rings. The summed E-state index contributed by atoms with van der Waals surface area (Å²) in [6.45, 7) is 10.7. The molecule has 2 rings (SSSR count). The topological polar surface area (TPSA) is 9.23 Å². The number of hydrogen-bond acceptors (Lipinski definition) is 1. The largest absolute Gasteiger partial charge is 0.496 e. The Bertz CT molecular complexity index is 703. The van der Waals surface area contributed by atoms with E-state index in [1.165, 1.54) is 17.2 Å². The van der Waals surface area contributed by atoms with Crippen molar-refractivity contribution < 1.29 is 9.13 Å². The van der Waals surface area contributed by atoms with E-state index < -0.39 is 0 Å². The molecular weight excluding hydrogens is 299 g/mol. The summed E-state index contributed by atoms with van der Waals surface area (Å²) in [6, 6.07) is 10.1. The van der Waals surface area contributed by atoms with Crippen molar-refractivity contribution in [2.24, 2.45) is 0 Å². The summed E-state index contributed by atoms with van der Waals surface area (Å²) in [7, 11) is 1.61. The fourth-order valence-electron chi connectivity index (χ4n) is 3.10. The minimum atomic E-state index is -0.194. The molecule has 0 aliphatic heterocycles. The summed E-state index contributed by atoms with van der Waals surface area (Å²) in [5.41, 5.74) is 5.52. The molecule has 0 saturated carbocycles. The standard InChI is InChI=1S/C22H29FO/c1-7-15(5)19-11-16(8-2)9-10-17(19)20-12-18(14(3)4)21(23)13-22(20)24-6/h9-15H,7-8H2,1-6H3/t15-/m0/s1. The number of aryl methyl sites for hydroxylation is 1. The smallest absolute Gasteiger partial charge is 0.130 e. The van der Waals surface area contributed by atoms with Gasteiger partial charge >= 0.3 is 0 Å². The number of hydrogen-bond donors (Lipinski definition) is 0. The molecule has 130 valence electrons. The third-order valence-corrected chi connectivity index (χ3v) is 4.90. The van der Waals surface area contributed by atoms with Crippen molar-refractivity contribution >= 4 is 0 Å². The summed E-state index contributed by atoms with van der Waals surface area (Å²) in [5, 5.41) is 0. The molecule has 0 heterocycles. The molecule has 0 aliphatic carbocycles. The summed E-state index contributed by atoms with van der Waals surface area (Å²) in [4.78, 5) is 0. The van der Waals surface area contributed by atoms with Crippen molar-refractivity contribution in [3.05, 3.63) is 52.8 Å². The molecule has 0 fully saturated rings. The van der Waals surface area contributed by atoms with Crippen LogP contribution in [-0.2, 0) is 6.42 Å². The lowest BCUT2D eigenvalue weighted by atomic mass is 9.86. The Morgan fingerprint density at radius 3 is 2.21 bits per heavy atom. The van der Waals surface area contributed by atoms with Crippen LogP contribution < -0.4 is 4.74 Å². The summed E-state index contributed by atoms with van der Waals surface area (Å²) in [5.74, 6) is 0.993. The highest BCUT2D eigenvalue weighted by atomic mass is 19.1. The lowest BCUT2D eigenvalue weighted by Gasteiger charge is -2.20. The zero-order chi connectivity index (χ0) is 17.9. The predicted molar refractivity (Wildman–Crippen MR) is 101 cm³/mol. The Morgan fingerprint density at radius 1 is 0.958 bits per heavy atom. The highest BCUT2D eigenvalue weighted by Crippen LogP contribution is 2.39. The molecule has 0 spiro atoms. The van der Waals surface area contributed by atoms with Crippen molar-refractivity contribution in [3.63, 3.8) is 0 Å². The van der Waals surface area contributed by atoms with E-state index in [1.54, 1.807) is 7.11 Å². The monoisotopic (exact) mass is 328 g/mol. The third kappa shape index (κ3) is 3.63. The second-order valence-electron chi connectivity index (χ2n) is 6.81. The number of ether oxygens (including phenoxy) is 1. The van der Waals surface area contributed by atoms with Crippen LogP contribution in [0.5, 0.6) is 5.75 Å². The Kier molecular flexibility index (Phi) is 6.04. The van der Waals surface area contributed by atoms with E-state index in [-0.39, 0.29) is 11.7 Å². The first-order valence-corrected chi connectivity index (χ1v) is 8.93. The maximum absolute atomic E-state index is 14.3. The molecule has 2 heteroatoms. The van der Waals surface area contributed by atoms with E-state index in [9.17, 15) is 4.39 Å². The SMILES string of the molecule is CCc1ccc(-c2cc(C(C)C)c(F)cc2OC)c([C@@H](C)CC)c1. The van der Waals surface area contributed by atoms with E-state index in [1.807, 2.05) is 19.9 Å². The second kappa shape index (κ2) is 7.83. The zero-order valence-electron chi connectivity index (χ0n) is 15.7. The Morgan fingerprint density at radius 2 is 1.67 bits per heavy atom. The molecule has 0 aromatic heterocycles. The van der Waals surface area contributed by atoms with Crippen LogP contribution in [0.15, 0.2) is 30.3 Å². The zero-order valence-corrected chi connectivity index (χ0v) is 15.7. The first kappa shape index (κ1) is 18.5. The minimum absolute atomic E-state index is 0.136. The van der Waals surface area contributed by atoms with Crippen LogP contribution in [0.1, 0.15) is 69.6 Å². The summed E-state index contributed by atoms with van der Waals surface area (Å²) >= 11 is 0. The number of rotatable bonds is 6. The van der Waals surface area contributed by atoms with Crippen molar-refractivity contribution in [1.82, 2.24) is 0 Å². The third-order valence-electron chi connectivity index (χ3n) is 4.90. The molecular formula is C22H29FO. The van der Waals surface area contributed by atoms with Gasteiger partial charge in [0, 0.05) is 11.6 Å². The van der Waals surface area contributed by atoms with Gasteiger partial charge in [-0.1, -0.05) is 52.8 Å². The van der Waals surface area contributed by atoms with Crippen molar-refractivity contribution in [2.45, 2.75) is 59.3 Å². The van der Waals surface area contributed by atoms with Crippen LogP contribution in [-0.4, -0.2) is 7.11 Å². The van der Waals surface area contributed by atoms with Crippen LogP contribution in [0.25, 0.3) is 11.1 Å². The van der Waals surface area contributed by atoms with Gasteiger partial charge in [0.15, 0.2) is 0 Å². The molecule has 2 aromatic rings. The molecule has 0 bridgehead atoms. The van der Waals surface area contributed by atoms with Gasteiger partial charge in [0.05, 0.1) is 7.11 Å². The van der Waals surface area contributed by atoms with Crippen molar-refractivity contribution in [3.8, 4) is 16.9 Å². The van der Waals surface area contributed by atoms with E-state index in [0.717, 1.165) is 29.5 Å². The molecule has 24 heavy (non-hydrogen) atoms. The maximum Gasteiger partial charge on any atom is 0.130 e. The van der Waals surface area contributed by atoms with E-state index in [2.05, 4.69) is 39.0 Å². The van der Waals surface area contributed by atoms with E-state index >= 15 is 0 Å². The number of benzene rings is 2.